The largest absolute Gasteiger partial charge is 0.468 e. The van der Waals surface area contributed by atoms with Gasteiger partial charge in [0.15, 0.2) is 0 Å². The van der Waals surface area contributed by atoms with E-state index in [0.29, 0.717) is 5.82 Å². The predicted octanol–water partition coefficient (Wildman–Crippen LogP) is 0.999. The van der Waals surface area contributed by atoms with Crippen LogP contribution in [0, 0.1) is 0 Å². The molecule has 2 aromatic rings. The number of hydrogen-bond donors (Lipinski definition) is 1. The smallest absolute Gasteiger partial charge is 0.319 e. The van der Waals surface area contributed by atoms with Crippen molar-refractivity contribution in [2.45, 2.75) is 6.04 Å². The molecule has 0 aliphatic heterocycles. The van der Waals surface area contributed by atoms with Crippen molar-refractivity contribution in [2.75, 3.05) is 20.7 Å². The van der Waals surface area contributed by atoms with E-state index in [0.717, 1.165) is 5.56 Å². The fourth-order valence-electron chi connectivity index (χ4n) is 1.96. The zero-order valence-electron chi connectivity index (χ0n) is 10.9. The lowest BCUT2D eigenvalue weighted by molar-refractivity contribution is -0.142. The van der Waals surface area contributed by atoms with Crippen molar-refractivity contribution in [1.82, 2.24) is 20.1 Å². The van der Waals surface area contributed by atoms with E-state index < -0.39 is 0 Å². The van der Waals surface area contributed by atoms with E-state index in [1.807, 2.05) is 42.3 Å². The number of methoxy groups -OCH3 is 1. The first kappa shape index (κ1) is 13.2. The molecule has 2 rings (SSSR count). The van der Waals surface area contributed by atoms with Gasteiger partial charge in [-0.15, -0.1) is 0 Å². The fourth-order valence-corrected chi connectivity index (χ4v) is 1.96. The SMILES string of the molecule is COC(=O)CN(C)C(c1ccccc1)c1ncn[nH]1. The average molecular weight is 260 g/mol. The zero-order chi connectivity index (χ0) is 13.7. The van der Waals surface area contributed by atoms with Crippen LogP contribution in [0.1, 0.15) is 17.4 Å². The molecule has 0 radical (unpaired) electrons. The summed E-state index contributed by atoms with van der Waals surface area (Å²) in [7, 11) is 3.22. The number of ether oxygens (including phenoxy) is 1. The molecule has 100 valence electrons. The van der Waals surface area contributed by atoms with Crippen molar-refractivity contribution < 1.29 is 9.53 Å². The van der Waals surface area contributed by atoms with Crippen molar-refractivity contribution in [3.05, 3.63) is 48.0 Å². The maximum atomic E-state index is 11.4. The van der Waals surface area contributed by atoms with Crippen molar-refractivity contribution >= 4 is 5.97 Å². The van der Waals surface area contributed by atoms with Gasteiger partial charge in [0.1, 0.15) is 12.2 Å². The van der Waals surface area contributed by atoms with Gasteiger partial charge in [-0.05, 0) is 12.6 Å². The van der Waals surface area contributed by atoms with E-state index in [4.69, 9.17) is 4.74 Å². The average Bonchev–Trinajstić information content (AvgIpc) is 2.94. The fraction of sp³-hybridized carbons (Fsp3) is 0.308. The van der Waals surface area contributed by atoms with E-state index in [1.165, 1.54) is 13.4 Å². The monoisotopic (exact) mass is 260 g/mol. The van der Waals surface area contributed by atoms with Gasteiger partial charge in [0.05, 0.1) is 19.7 Å². The van der Waals surface area contributed by atoms with Gasteiger partial charge in [0.2, 0.25) is 0 Å². The topological polar surface area (TPSA) is 71.1 Å². The molecular weight excluding hydrogens is 244 g/mol. The van der Waals surface area contributed by atoms with Crippen LogP contribution in [0.25, 0.3) is 0 Å². The van der Waals surface area contributed by atoms with Crippen LogP contribution < -0.4 is 0 Å². The molecule has 1 heterocycles. The third-order valence-corrected chi connectivity index (χ3v) is 2.85. The molecule has 0 saturated carbocycles. The van der Waals surface area contributed by atoms with E-state index in [9.17, 15) is 4.79 Å². The highest BCUT2D eigenvalue weighted by molar-refractivity contribution is 5.71. The lowest BCUT2D eigenvalue weighted by Gasteiger charge is -2.25. The summed E-state index contributed by atoms with van der Waals surface area (Å²) >= 11 is 0. The van der Waals surface area contributed by atoms with E-state index in [1.54, 1.807) is 0 Å². The molecule has 19 heavy (non-hydrogen) atoms. The van der Waals surface area contributed by atoms with Crippen molar-refractivity contribution in [3.63, 3.8) is 0 Å². The number of rotatable bonds is 5. The Bertz CT molecular complexity index is 513. The van der Waals surface area contributed by atoms with Gasteiger partial charge in [0, 0.05) is 0 Å². The molecule has 6 heteroatoms. The first-order valence-electron chi connectivity index (χ1n) is 5.89. The minimum absolute atomic E-state index is 0.164. The van der Waals surface area contributed by atoms with Crippen LogP contribution in [0.4, 0.5) is 0 Å². The molecule has 0 bridgehead atoms. The van der Waals surface area contributed by atoms with Crippen molar-refractivity contribution in [3.8, 4) is 0 Å². The summed E-state index contributed by atoms with van der Waals surface area (Å²) in [5.74, 6) is 0.403. The highest BCUT2D eigenvalue weighted by Crippen LogP contribution is 2.24. The minimum Gasteiger partial charge on any atom is -0.468 e. The number of likely N-dealkylation sites (N-methyl/N-ethyl adjacent to an activating group) is 1. The molecule has 1 unspecified atom stereocenters. The lowest BCUT2D eigenvalue weighted by Crippen LogP contribution is -2.32. The number of aromatic amines is 1. The molecule has 1 atom stereocenters. The first-order chi connectivity index (χ1) is 9.22. The normalized spacial score (nSPS) is 12.4. The number of nitrogens with one attached hydrogen (secondary N) is 1. The van der Waals surface area contributed by atoms with Crippen LogP contribution in [0.15, 0.2) is 36.7 Å². The molecule has 0 aliphatic rings. The Morgan fingerprint density at radius 3 is 2.74 bits per heavy atom. The van der Waals surface area contributed by atoms with Crippen LogP contribution in [-0.2, 0) is 9.53 Å². The Morgan fingerprint density at radius 2 is 2.16 bits per heavy atom. The zero-order valence-corrected chi connectivity index (χ0v) is 10.9. The number of carbonyl (C=O) groups is 1. The Balaban J connectivity index is 2.28. The van der Waals surface area contributed by atoms with Gasteiger partial charge in [-0.2, -0.15) is 5.10 Å². The lowest BCUT2D eigenvalue weighted by atomic mass is 10.1. The maximum Gasteiger partial charge on any atom is 0.319 e. The summed E-state index contributed by atoms with van der Waals surface area (Å²) in [6.07, 6.45) is 1.46. The van der Waals surface area contributed by atoms with Crippen LogP contribution >= 0.6 is 0 Å². The standard InChI is InChI=1S/C13H16N4O2/c1-17(8-11(18)19-2)12(13-14-9-15-16-13)10-6-4-3-5-7-10/h3-7,9,12H,8H2,1-2H3,(H,14,15,16). The van der Waals surface area contributed by atoms with E-state index in [2.05, 4.69) is 15.2 Å². The molecule has 1 aromatic carbocycles. The number of aromatic nitrogens is 3. The Kier molecular flexibility index (Phi) is 4.25. The van der Waals surface area contributed by atoms with Crippen molar-refractivity contribution in [2.24, 2.45) is 0 Å². The number of H-pyrrole nitrogens is 1. The van der Waals surface area contributed by atoms with Crippen LogP contribution in [0.2, 0.25) is 0 Å². The van der Waals surface area contributed by atoms with Crippen LogP contribution in [-0.4, -0.2) is 46.8 Å². The van der Waals surface area contributed by atoms with E-state index >= 15 is 0 Å². The molecular formula is C13H16N4O2. The van der Waals surface area contributed by atoms with Gasteiger partial charge in [-0.1, -0.05) is 30.3 Å². The maximum absolute atomic E-state index is 11.4. The number of benzene rings is 1. The summed E-state index contributed by atoms with van der Waals surface area (Å²) in [6, 6.07) is 9.65. The molecule has 1 aromatic heterocycles. The molecule has 0 saturated heterocycles. The van der Waals surface area contributed by atoms with Gasteiger partial charge in [0.25, 0.3) is 0 Å². The van der Waals surface area contributed by atoms with Crippen molar-refractivity contribution in [1.29, 1.82) is 0 Å². The Hall–Kier alpha value is -2.21. The van der Waals surface area contributed by atoms with Gasteiger partial charge in [-0.25, -0.2) is 4.98 Å². The first-order valence-corrected chi connectivity index (χ1v) is 5.89. The summed E-state index contributed by atoms with van der Waals surface area (Å²) < 4.78 is 4.70. The third-order valence-electron chi connectivity index (χ3n) is 2.85. The van der Waals surface area contributed by atoms with E-state index in [-0.39, 0.29) is 18.6 Å². The molecule has 0 spiro atoms. The third kappa shape index (κ3) is 3.17. The summed E-state index contributed by atoms with van der Waals surface area (Å²) in [6.45, 7) is 0.177. The van der Waals surface area contributed by atoms with Gasteiger partial charge >= 0.3 is 5.97 Å². The Labute approximate surface area is 111 Å². The number of esters is 1. The molecule has 1 N–H and O–H groups in total. The minimum atomic E-state index is -0.289. The molecule has 0 fully saturated rings. The number of carbonyl (C=O) groups excluding carboxylic acids is 1. The van der Waals surface area contributed by atoms with Crippen LogP contribution in [0.5, 0.6) is 0 Å². The van der Waals surface area contributed by atoms with Gasteiger partial charge < -0.3 is 4.74 Å². The highest BCUT2D eigenvalue weighted by Gasteiger charge is 2.23. The Morgan fingerprint density at radius 1 is 1.42 bits per heavy atom. The number of nitrogens with zero attached hydrogens (tertiary/aromatic N) is 3. The summed E-state index contributed by atoms with van der Waals surface area (Å²) in [5.41, 5.74) is 1.03. The number of hydrogen-bond acceptors (Lipinski definition) is 5. The summed E-state index contributed by atoms with van der Waals surface area (Å²) in [5, 5.41) is 6.72. The second-order valence-corrected chi connectivity index (χ2v) is 4.18. The molecule has 0 aliphatic carbocycles. The predicted molar refractivity (Wildman–Crippen MR) is 69.3 cm³/mol. The van der Waals surface area contributed by atoms with Gasteiger partial charge in [-0.3, -0.25) is 14.8 Å². The highest BCUT2D eigenvalue weighted by atomic mass is 16.5. The molecule has 6 nitrogen and oxygen atoms in total. The second-order valence-electron chi connectivity index (χ2n) is 4.18. The summed E-state index contributed by atoms with van der Waals surface area (Å²) in [4.78, 5) is 17.5. The second kappa shape index (κ2) is 6.10. The molecule has 0 amide bonds. The quantitative estimate of drug-likeness (QED) is 0.812. The van der Waals surface area contributed by atoms with Crippen LogP contribution in [0.3, 0.4) is 0 Å².